The van der Waals surface area contributed by atoms with Crippen LogP contribution in [0.3, 0.4) is 0 Å². The summed E-state index contributed by atoms with van der Waals surface area (Å²) in [6.45, 7) is 0.621. The second-order valence-electron chi connectivity index (χ2n) is 6.52. The van der Waals surface area contributed by atoms with Crippen molar-refractivity contribution in [2.45, 2.75) is 32.0 Å². The van der Waals surface area contributed by atoms with Crippen LogP contribution in [0.5, 0.6) is 0 Å². The third kappa shape index (κ3) is 5.10. The zero-order valence-corrected chi connectivity index (χ0v) is 15.4. The van der Waals surface area contributed by atoms with Gasteiger partial charge in [0, 0.05) is 30.4 Å². The number of aryl methyl sites for hydroxylation is 1. The number of halogens is 3. The summed E-state index contributed by atoms with van der Waals surface area (Å²) in [7, 11) is -4.01. The predicted octanol–water partition coefficient (Wildman–Crippen LogP) is 2.01. The zero-order chi connectivity index (χ0) is 19.7. The Bertz CT molecular complexity index is 773. The molecule has 1 aromatic carbocycles. The fraction of sp³-hybridized carbons (Fsp3) is 0.562. The Labute approximate surface area is 150 Å². The van der Waals surface area contributed by atoms with Crippen molar-refractivity contribution in [2.75, 3.05) is 31.6 Å². The predicted molar refractivity (Wildman–Crippen MR) is 92.1 cm³/mol. The number of benzene rings is 1. The number of carbonyl (C=O) groups is 1. The molecule has 0 atom stereocenters. The molecule has 1 saturated heterocycles. The van der Waals surface area contributed by atoms with Gasteiger partial charge >= 0.3 is 6.18 Å². The number of amides is 1. The van der Waals surface area contributed by atoms with Crippen LogP contribution in [0.1, 0.15) is 28.8 Å². The number of likely N-dealkylation sites (tertiary alicyclic amines) is 1. The number of hydrogen-bond donors (Lipinski definition) is 1. The topological polar surface area (TPSA) is 83.7 Å². The van der Waals surface area contributed by atoms with E-state index in [1.54, 1.807) is 25.1 Å². The van der Waals surface area contributed by atoms with Gasteiger partial charge in [-0.3, -0.25) is 4.79 Å². The van der Waals surface area contributed by atoms with Gasteiger partial charge in [-0.1, -0.05) is 6.07 Å². The number of alkyl halides is 3. The molecule has 0 unspecified atom stereocenters. The lowest BCUT2D eigenvalue weighted by atomic mass is 10.0. The Morgan fingerprint density at radius 2 is 1.88 bits per heavy atom. The lowest BCUT2D eigenvalue weighted by Crippen LogP contribution is -2.51. The fourth-order valence-corrected chi connectivity index (χ4v) is 4.22. The van der Waals surface area contributed by atoms with Crippen molar-refractivity contribution in [1.82, 2.24) is 9.21 Å². The highest BCUT2D eigenvalue weighted by molar-refractivity contribution is 7.88. The molecule has 146 valence electrons. The average molecular weight is 393 g/mol. The van der Waals surface area contributed by atoms with Crippen molar-refractivity contribution in [3.05, 3.63) is 29.3 Å². The molecule has 6 nitrogen and oxygen atoms in total. The summed E-state index contributed by atoms with van der Waals surface area (Å²) in [6, 6.07) is 4.19. The van der Waals surface area contributed by atoms with Crippen LogP contribution in [0.15, 0.2) is 18.2 Å². The van der Waals surface area contributed by atoms with E-state index in [1.165, 1.54) is 4.90 Å². The highest BCUT2D eigenvalue weighted by Crippen LogP contribution is 2.26. The second kappa shape index (κ2) is 7.43. The van der Waals surface area contributed by atoms with Crippen LogP contribution in [0.4, 0.5) is 18.9 Å². The number of sulfonamides is 1. The largest absolute Gasteiger partial charge is 0.402 e. The summed E-state index contributed by atoms with van der Waals surface area (Å²) in [5.74, 6) is -0.255. The minimum absolute atomic E-state index is 0.149. The molecular weight excluding hydrogens is 371 g/mol. The molecule has 26 heavy (non-hydrogen) atoms. The number of rotatable bonds is 4. The monoisotopic (exact) mass is 393 g/mol. The van der Waals surface area contributed by atoms with Crippen LogP contribution in [0.2, 0.25) is 0 Å². The van der Waals surface area contributed by atoms with Crippen molar-refractivity contribution < 1.29 is 26.4 Å². The number of anilines is 1. The van der Waals surface area contributed by atoms with E-state index < -0.39 is 28.8 Å². The van der Waals surface area contributed by atoms with Crippen molar-refractivity contribution in [2.24, 2.45) is 0 Å². The number of carbonyl (C=O) groups excluding carboxylic acids is 1. The van der Waals surface area contributed by atoms with Gasteiger partial charge in [0.2, 0.25) is 10.0 Å². The maximum atomic E-state index is 12.7. The van der Waals surface area contributed by atoms with Gasteiger partial charge in [0.1, 0.15) is 6.54 Å². The first kappa shape index (κ1) is 20.5. The van der Waals surface area contributed by atoms with Crippen LogP contribution in [-0.4, -0.2) is 61.6 Å². The van der Waals surface area contributed by atoms with Crippen LogP contribution >= 0.6 is 0 Å². The van der Waals surface area contributed by atoms with E-state index in [1.807, 2.05) is 0 Å². The Hall–Kier alpha value is -1.81. The SMILES string of the molecule is Cc1ccc(N)cc1C(=O)N1CCC(N(CC(F)(F)F)S(C)(=O)=O)CC1. The zero-order valence-electron chi connectivity index (χ0n) is 14.6. The van der Waals surface area contributed by atoms with Gasteiger partial charge in [-0.05, 0) is 37.5 Å². The standard InChI is InChI=1S/C16H22F3N3O3S/c1-11-3-4-12(20)9-14(11)15(23)21-7-5-13(6-8-21)22(26(2,24)25)10-16(17,18)19/h3-4,9,13H,5-8,10,20H2,1-2H3. The van der Waals surface area contributed by atoms with E-state index in [0.29, 0.717) is 15.6 Å². The average Bonchev–Trinajstić information content (AvgIpc) is 2.53. The molecule has 0 saturated carbocycles. The van der Waals surface area contributed by atoms with E-state index in [2.05, 4.69) is 0 Å². The van der Waals surface area contributed by atoms with Crippen LogP contribution in [0.25, 0.3) is 0 Å². The van der Waals surface area contributed by atoms with Gasteiger partial charge in [0.15, 0.2) is 0 Å². The summed E-state index contributed by atoms with van der Waals surface area (Å²) < 4.78 is 62.2. The second-order valence-corrected chi connectivity index (χ2v) is 8.46. The lowest BCUT2D eigenvalue weighted by molar-refractivity contribution is -0.140. The third-order valence-electron chi connectivity index (χ3n) is 4.41. The lowest BCUT2D eigenvalue weighted by Gasteiger charge is -2.37. The van der Waals surface area contributed by atoms with Gasteiger partial charge in [-0.25, -0.2) is 8.42 Å². The number of nitrogen functional groups attached to an aromatic ring is 1. The molecule has 1 aliphatic rings. The van der Waals surface area contributed by atoms with Gasteiger partial charge in [-0.2, -0.15) is 17.5 Å². The van der Waals surface area contributed by atoms with Crippen molar-refractivity contribution in [1.29, 1.82) is 0 Å². The molecule has 0 aromatic heterocycles. The minimum Gasteiger partial charge on any atom is -0.399 e. The quantitative estimate of drug-likeness (QED) is 0.793. The molecule has 1 fully saturated rings. The van der Waals surface area contributed by atoms with E-state index in [9.17, 15) is 26.4 Å². The normalized spacial score (nSPS) is 16.9. The minimum atomic E-state index is -4.62. The maximum Gasteiger partial charge on any atom is 0.402 e. The van der Waals surface area contributed by atoms with Crippen LogP contribution < -0.4 is 5.73 Å². The van der Waals surface area contributed by atoms with Crippen LogP contribution in [0, 0.1) is 6.92 Å². The highest BCUT2D eigenvalue weighted by atomic mass is 32.2. The number of nitrogens with zero attached hydrogens (tertiary/aromatic N) is 2. The highest BCUT2D eigenvalue weighted by Gasteiger charge is 2.40. The smallest absolute Gasteiger partial charge is 0.399 e. The molecule has 0 aliphatic carbocycles. The van der Waals surface area contributed by atoms with Crippen molar-refractivity contribution >= 4 is 21.6 Å². The molecule has 1 amide bonds. The Morgan fingerprint density at radius 1 is 1.31 bits per heavy atom. The Kier molecular flexibility index (Phi) is 5.86. The van der Waals surface area contributed by atoms with E-state index >= 15 is 0 Å². The Balaban J connectivity index is 2.10. The molecule has 1 aliphatic heterocycles. The van der Waals surface area contributed by atoms with Gasteiger partial charge < -0.3 is 10.6 Å². The molecule has 0 bridgehead atoms. The van der Waals surface area contributed by atoms with E-state index in [0.717, 1.165) is 11.8 Å². The van der Waals surface area contributed by atoms with Gasteiger partial charge in [0.25, 0.3) is 5.91 Å². The fourth-order valence-electron chi connectivity index (χ4n) is 3.09. The molecule has 0 radical (unpaired) electrons. The number of hydrogen-bond acceptors (Lipinski definition) is 4. The Morgan fingerprint density at radius 3 is 2.38 bits per heavy atom. The molecule has 1 heterocycles. The summed E-state index contributed by atoms with van der Waals surface area (Å²) in [5.41, 5.74) is 7.35. The molecule has 1 aromatic rings. The molecule has 10 heteroatoms. The first-order valence-corrected chi connectivity index (χ1v) is 9.92. The summed E-state index contributed by atoms with van der Waals surface area (Å²) >= 11 is 0. The molecule has 2 N–H and O–H groups in total. The van der Waals surface area contributed by atoms with E-state index in [-0.39, 0.29) is 31.8 Å². The molecule has 2 rings (SSSR count). The molecule has 0 spiro atoms. The third-order valence-corrected chi connectivity index (χ3v) is 5.69. The summed E-state index contributed by atoms with van der Waals surface area (Å²) in [6.07, 6.45) is -3.55. The first-order valence-electron chi connectivity index (χ1n) is 8.07. The van der Waals surface area contributed by atoms with Gasteiger partial charge in [-0.15, -0.1) is 0 Å². The van der Waals surface area contributed by atoms with Crippen molar-refractivity contribution in [3.63, 3.8) is 0 Å². The molecular formula is C16H22F3N3O3S. The summed E-state index contributed by atoms with van der Waals surface area (Å²) in [5, 5.41) is 0. The van der Waals surface area contributed by atoms with Crippen molar-refractivity contribution in [3.8, 4) is 0 Å². The van der Waals surface area contributed by atoms with E-state index in [4.69, 9.17) is 5.73 Å². The number of nitrogens with two attached hydrogens (primary N) is 1. The first-order chi connectivity index (χ1) is 11.9. The van der Waals surface area contributed by atoms with Crippen LogP contribution in [-0.2, 0) is 10.0 Å². The summed E-state index contributed by atoms with van der Waals surface area (Å²) in [4.78, 5) is 14.2. The van der Waals surface area contributed by atoms with Gasteiger partial charge in [0.05, 0.1) is 6.26 Å². The number of piperidine rings is 1. The maximum absolute atomic E-state index is 12.7.